The highest BCUT2D eigenvalue weighted by atomic mass is 19.1. The van der Waals surface area contributed by atoms with E-state index >= 15 is 0 Å². The summed E-state index contributed by atoms with van der Waals surface area (Å²) in [7, 11) is 0. The normalized spacial score (nSPS) is 13.7. The molecule has 0 saturated carbocycles. The first-order valence-electron chi connectivity index (χ1n) is 10.3. The highest BCUT2D eigenvalue weighted by molar-refractivity contribution is 6.46. The molecule has 0 aromatic heterocycles. The molecule has 0 atom stereocenters. The smallest absolute Gasteiger partial charge is 0.282 e. The van der Waals surface area contributed by atoms with Gasteiger partial charge in [0.25, 0.3) is 11.8 Å². The first-order valence-corrected chi connectivity index (χ1v) is 10.3. The third kappa shape index (κ3) is 3.99. The molecule has 0 saturated heterocycles. The third-order valence-corrected chi connectivity index (χ3v) is 5.26. The number of hydrogen-bond acceptors (Lipinski definition) is 4. The number of halogens is 1. The topological polar surface area (TPSA) is 58.6 Å². The van der Waals surface area contributed by atoms with E-state index in [0.29, 0.717) is 29.3 Å². The number of imide groups is 1. The molecule has 0 aliphatic carbocycles. The van der Waals surface area contributed by atoms with E-state index in [9.17, 15) is 14.0 Å². The minimum absolute atomic E-state index is 0.145. The van der Waals surface area contributed by atoms with Crippen LogP contribution >= 0.6 is 0 Å². The molecule has 1 aliphatic rings. The van der Waals surface area contributed by atoms with Crippen molar-refractivity contribution in [3.05, 3.63) is 94.9 Å². The van der Waals surface area contributed by atoms with Gasteiger partial charge in [-0.1, -0.05) is 24.3 Å². The maximum absolute atomic E-state index is 13.5. The molecule has 0 radical (unpaired) electrons. The van der Waals surface area contributed by atoms with E-state index in [1.807, 2.05) is 39.0 Å². The summed E-state index contributed by atoms with van der Waals surface area (Å²) < 4.78 is 19.0. The van der Waals surface area contributed by atoms with Crippen LogP contribution in [0, 0.1) is 19.7 Å². The van der Waals surface area contributed by atoms with E-state index in [0.717, 1.165) is 11.1 Å². The average Bonchev–Trinajstić information content (AvgIpc) is 3.01. The monoisotopic (exact) mass is 430 g/mol. The van der Waals surface area contributed by atoms with E-state index in [2.05, 4.69) is 5.32 Å². The summed E-state index contributed by atoms with van der Waals surface area (Å²) in [5.74, 6) is -0.629. The Morgan fingerprint density at radius 2 is 1.59 bits per heavy atom. The van der Waals surface area contributed by atoms with Crippen LogP contribution < -0.4 is 15.0 Å². The van der Waals surface area contributed by atoms with Gasteiger partial charge < -0.3 is 10.1 Å². The van der Waals surface area contributed by atoms with Crippen molar-refractivity contribution in [2.75, 3.05) is 16.8 Å². The van der Waals surface area contributed by atoms with Crippen molar-refractivity contribution < 1.29 is 18.7 Å². The van der Waals surface area contributed by atoms with Crippen molar-refractivity contribution in [1.29, 1.82) is 0 Å². The molecule has 5 nitrogen and oxygen atoms in total. The van der Waals surface area contributed by atoms with E-state index in [1.165, 1.54) is 29.2 Å². The lowest BCUT2D eigenvalue weighted by Gasteiger charge is -2.18. The van der Waals surface area contributed by atoms with Gasteiger partial charge in [-0.2, -0.15) is 0 Å². The number of nitrogens with one attached hydrogen (secondary N) is 1. The van der Waals surface area contributed by atoms with Gasteiger partial charge in [-0.15, -0.1) is 0 Å². The summed E-state index contributed by atoms with van der Waals surface area (Å²) in [6, 6.07) is 18.3. The van der Waals surface area contributed by atoms with Crippen molar-refractivity contribution in [3.63, 3.8) is 0 Å². The number of nitrogens with zero attached hydrogens (tertiary/aromatic N) is 1. The minimum atomic E-state index is -0.461. The number of hydrogen-bond donors (Lipinski definition) is 1. The van der Waals surface area contributed by atoms with Crippen LogP contribution in [-0.4, -0.2) is 18.4 Å². The molecule has 0 spiro atoms. The van der Waals surface area contributed by atoms with Crippen molar-refractivity contribution >= 4 is 28.8 Å². The number of anilines is 2. The molecule has 3 aromatic rings. The van der Waals surface area contributed by atoms with Gasteiger partial charge in [0, 0.05) is 5.69 Å². The molecule has 0 unspecified atom stereocenters. The molecular weight excluding hydrogens is 407 g/mol. The lowest BCUT2D eigenvalue weighted by molar-refractivity contribution is -0.120. The van der Waals surface area contributed by atoms with Gasteiger partial charge >= 0.3 is 0 Å². The number of benzene rings is 3. The van der Waals surface area contributed by atoms with Gasteiger partial charge in [0.1, 0.15) is 17.3 Å². The molecule has 32 heavy (non-hydrogen) atoms. The molecule has 162 valence electrons. The highest BCUT2D eigenvalue weighted by Gasteiger charge is 2.40. The highest BCUT2D eigenvalue weighted by Crippen LogP contribution is 2.35. The molecule has 6 heteroatoms. The summed E-state index contributed by atoms with van der Waals surface area (Å²) >= 11 is 0. The van der Waals surface area contributed by atoms with Crippen molar-refractivity contribution in [2.24, 2.45) is 0 Å². The predicted molar refractivity (Wildman–Crippen MR) is 123 cm³/mol. The molecule has 1 N–H and O–H groups in total. The molecule has 0 bridgehead atoms. The zero-order valence-corrected chi connectivity index (χ0v) is 18.1. The lowest BCUT2D eigenvalue weighted by atomic mass is 10.0. The SMILES string of the molecule is CCOc1ccc(NC2=C(c3ccc(F)cc3)C(=O)N(c3cc(C)ccc3C)C2=O)cc1. The van der Waals surface area contributed by atoms with Gasteiger partial charge in [-0.25, -0.2) is 9.29 Å². The van der Waals surface area contributed by atoms with Crippen molar-refractivity contribution in [3.8, 4) is 5.75 Å². The van der Waals surface area contributed by atoms with Gasteiger partial charge in [0.05, 0.1) is 17.9 Å². The number of ether oxygens (including phenoxy) is 1. The largest absolute Gasteiger partial charge is 0.494 e. The van der Waals surface area contributed by atoms with E-state index in [1.54, 1.807) is 24.3 Å². The maximum atomic E-state index is 13.5. The minimum Gasteiger partial charge on any atom is -0.494 e. The fraction of sp³-hybridized carbons (Fsp3) is 0.154. The zero-order chi connectivity index (χ0) is 22.8. The summed E-state index contributed by atoms with van der Waals surface area (Å²) in [5.41, 5.74) is 3.71. The van der Waals surface area contributed by atoms with Crippen molar-refractivity contribution in [2.45, 2.75) is 20.8 Å². The number of carbonyl (C=O) groups is 2. The Labute approximate surface area is 186 Å². The second-order valence-corrected chi connectivity index (χ2v) is 7.57. The fourth-order valence-electron chi connectivity index (χ4n) is 3.65. The number of carbonyl (C=O) groups excluding carboxylic acids is 2. The second-order valence-electron chi connectivity index (χ2n) is 7.57. The van der Waals surface area contributed by atoms with Gasteiger partial charge in [-0.05, 0) is 79.9 Å². The summed E-state index contributed by atoms with van der Waals surface area (Å²) in [6.07, 6.45) is 0. The van der Waals surface area contributed by atoms with E-state index < -0.39 is 17.6 Å². The molecule has 1 aliphatic heterocycles. The zero-order valence-electron chi connectivity index (χ0n) is 18.1. The quantitative estimate of drug-likeness (QED) is 0.544. The Morgan fingerprint density at radius 1 is 0.906 bits per heavy atom. The van der Waals surface area contributed by atoms with Gasteiger partial charge in [0.15, 0.2) is 0 Å². The standard InChI is InChI=1S/C26H23FN2O3/c1-4-32-21-13-11-20(12-14-21)28-24-23(18-7-9-19(27)10-8-18)25(30)29(26(24)31)22-15-16(2)5-6-17(22)3/h5-15,28H,4H2,1-3H3. The fourth-order valence-corrected chi connectivity index (χ4v) is 3.65. The molecule has 1 heterocycles. The molecule has 2 amide bonds. The van der Waals surface area contributed by atoms with Crippen molar-refractivity contribution in [1.82, 2.24) is 0 Å². The Balaban J connectivity index is 1.79. The van der Waals surface area contributed by atoms with Crippen LogP contribution in [0.1, 0.15) is 23.6 Å². The number of amides is 2. The van der Waals surface area contributed by atoms with Crippen LogP contribution in [-0.2, 0) is 9.59 Å². The molecule has 4 rings (SSSR count). The Hall–Kier alpha value is -3.93. The summed E-state index contributed by atoms with van der Waals surface area (Å²) in [6.45, 7) is 6.20. The average molecular weight is 430 g/mol. The first kappa shape index (κ1) is 21.3. The second kappa shape index (κ2) is 8.67. The predicted octanol–water partition coefficient (Wildman–Crippen LogP) is 5.24. The van der Waals surface area contributed by atoms with E-state index in [-0.39, 0.29) is 11.3 Å². The Morgan fingerprint density at radius 3 is 2.25 bits per heavy atom. The molecule has 3 aromatic carbocycles. The molecule has 0 fully saturated rings. The number of rotatable bonds is 6. The lowest BCUT2D eigenvalue weighted by Crippen LogP contribution is -2.33. The Kier molecular flexibility index (Phi) is 5.77. The first-order chi connectivity index (χ1) is 15.4. The van der Waals surface area contributed by atoms with Crippen LogP contribution in [0.4, 0.5) is 15.8 Å². The van der Waals surface area contributed by atoms with Gasteiger partial charge in [0.2, 0.25) is 0 Å². The van der Waals surface area contributed by atoms with E-state index in [4.69, 9.17) is 4.74 Å². The Bertz CT molecular complexity index is 1210. The third-order valence-electron chi connectivity index (χ3n) is 5.26. The van der Waals surface area contributed by atoms with Crippen LogP contribution in [0.25, 0.3) is 5.57 Å². The van der Waals surface area contributed by atoms with Crippen LogP contribution in [0.2, 0.25) is 0 Å². The van der Waals surface area contributed by atoms with Gasteiger partial charge in [-0.3, -0.25) is 9.59 Å². The summed E-state index contributed by atoms with van der Waals surface area (Å²) in [4.78, 5) is 28.2. The summed E-state index contributed by atoms with van der Waals surface area (Å²) in [5, 5.41) is 3.11. The maximum Gasteiger partial charge on any atom is 0.282 e. The molecular formula is C26H23FN2O3. The van der Waals surface area contributed by atoms with Crippen LogP contribution in [0.15, 0.2) is 72.4 Å². The van der Waals surface area contributed by atoms with Crippen LogP contribution in [0.5, 0.6) is 5.75 Å². The van der Waals surface area contributed by atoms with Crippen LogP contribution in [0.3, 0.4) is 0 Å². The number of aryl methyl sites for hydroxylation is 2.